The van der Waals surface area contributed by atoms with Crippen LogP contribution in [0.4, 0.5) is 5.00 Å². The summed E-state index contributed by atoms with van der Waals surface area (Å²) in [6.45, 7) is 3.49. The molecule has 0 saturated carbocycles. The molecule has 0 atom stereocenters. The topological polar surface area (TPSA) is 64.6 Å². The quantitative estimate of drug-likeness (QED) is 0.434. The highest BCUT2D eigenvalue weighted by Crippen LogP contribution is 2.37. The van der Waals surface area contributed by atoms with Crippen molar-refractivity contribution in [2.45, 2.75) is 84.2 Å². The van der Waals surface area contributed by atoms with Gasteiger partial charge in [0.2, 0.25) is 0 Å². The normalized spacial score (nSPS) is 15.2. The van der Waals surface area contributed by atoms with Gasteiger partial charge < -0.3 is 14.8 Å². The first kappa shape index (κ1) is 25.6. The second kappa shape index (κ2) is 13.0. The zero-order valence-corrected chi connectivity index (χ0v) is 21.2. The summed E-state index contributed by atoms with van der Waals surface area (Å²) >= 11 is 7.62. The number of fused-ring (bicyclic) bond motifs is 1. The maximum Gasteiger partial charge on any atom is 0.341 e. The van der Waals surface area contributed by atoms with Gasteiger partial charge in [-0.15, -0.1) is 11.3 Å². The number of anilines is 1. The summed E-state index contributed by atoms with van der Waals surface area (Å²) in [6.07, 6.45) is 11.1. The van der Waals surface area contributed by atoms with Crippen LogP contribution in [0, 0.1) is 0 Å². The smallest absolute Gasteiger partial charge is 0.341 e. The van der Waals surface area contributed by atoms with Crippen LogP contribution in [0.25, 0.3) is 0 Å². The number of nitrogens with one attached hydrogen (secondary N) is 1. The first-order valence-corrected chi connectivity index (χ1v) is 13.2. The van der Waals surface area contributed by atoms with Crippen molar-refractivity contribution in [2.24, 2.45) is 0 Å². The Balaban J connectivity index is 1.82. The third-order valence-electron chi connectivity index (χ3n) is 5.67. The van der Waals surface area contributed by atoms with E-state index in [0.717, 1.165) is 37.7 Å². The molecule has 1 aromatic heterocycles. The van der Waals surface area contributed by atoms with Crippen LogP contribution >= 0.6 is 22.9 Å². The standard InChI is InChI=1S/C26H34ClNO4S/c1-18(2)32-26(30)24-19-13-9-7-5-3-4-6-8-10-16-22(19)33-25(24)28-23(29)17-31-21-15-12-11-14-20(21)27/h11-12,14-15,18H,3-10,13,16-17H2,1-2H3,(H,28,29). The van der Waals surface area contributed by atoms with E-state index < -0.39 is 0 Å². The van der Waals surface area contributed by atoms with Crippen molar-refractivity contribution in [1.29, 1.82) is 0 Å². The van der Waals surface area contributed by atoms with Crippen LogP contribution in [-0.4, -0.2) is 24.6 Å². The molecular weight excluding hydrogens is 458 g/mol. The van der Waals surface area contributed by atoms with Crippen LogP contribution in [0.1, 0.15) is 86.0 Å². The fourth-order valence-electron chi connectivity index (χ4n) is 4.07. The number of aryl methyl sites for hydroxylation is 1. The Kier molecular flexibility index (Phi) is 10.1. The maximum absolute atomic E-state index is 13.1. The minimum Gasteiger partial charge on any atom is -0.482 e. The van der Waals surface area contributed by atoms with Gasteiger partial charge in [-0.1, -0.05) is 62.3 Å². The second-order valence-corrected chi connectivity index (χ2v) is 10.3. The predicted octanol–water partition coefficient (Wildman–Crippen LogP) is 7.20. The first-order chi connectivity index (χ1) is 16.0. The van der Waals surface area contributed by atoms with Gasteiger partial charge in [0.15, 0.2) is 6.61 Å². The number of hydrogen-bond donors (Lipinski definition) is 1. The Morgan fingerprint density at radius 2 is 1.64 bits per heavy atom. The van der Waals surface area contributed by atoms with Gasteiger partial charge in [-0.2, -0.15) is 0 Å². The zero-order chi connectivity index (χ0) is 23.6. The maximum atomic E-state index is 13.1. The number of esters is 1. The number of amides is 1. The van der Waals surface area contributed by atoms with Crippen LogP contribution in [0.3, 0.4) is 0 Å². The fourth-order valence-corrected chi connectivity index (χ4v) is 5.56. The molecule has 0 bridgehead atoms. The number of rotatable bonds is 6. The summed E-state index contributed by atoms with van der Waals surface area (Å²) in [5.41, 5.74) is 1.57. The lowest BCUT2D eigenvalue weighted by atomic mass is 9.97. The lowest BCUT2D eigenvalue weighted by Crippen LogP contribution is -2.22. The SMILES string of the molecule is CC(C)OC(=O)c1c(NC(=O)COc2ccccc2Cl)sc2c1CCCCCCCCCC2. The van der Waals surface area contributed by atoms with E-state index in [1.54, 1.807) is 24.3 Å². The Labute approximate surface area is 205 Å². The summed E-state index contributed by atoms with van der Waals surface area (Å²) in [5.74, 6) is -0.241. The van der Waals surface area contributed by atoms with E-state index in [9.17, 15) is 9.59 Å². The van der Waals surface area contributed by atoms with Crippen LogP contribution in [-0.2, 0) is 22.4 Å². The van der Waals surface area contributed by atoms with Crippen molar-refractivity contribution in [3.8, 4) is 5.75 Å². The van der Waals surface area contributed by atoms with Gasteiger partial charge in [0.1, 0.15) is 10.8 Å². The number of carbonyl (C=O) groups excluding carboxylic acids is 2. The van der Waals surface area contributed by atoms with Gasteiger partial charge in [0.05, 0.1) is 16.7 Å². The second-order valence-electron chi connectivity index (χ2n) is 8.76. The molecule has 1 heterocycles. The van der Waals surface area contributed by atoms with Gasteiger partial charge in [-0.25, -0.2) is 4.79 Å². The molecule has 7 heteroatoms. The molecule has 0 unspecified atom stereocenters. The number of halogens is 1. The van der Waals surface area contributed by atoms with E-state index in [1.165, 1.54) is 48.3 Å². The molecule has 2 aromatic rings. The van der Waals surface area contributed by atoms with Crippen LogP contribution < -0.4 is 10.1 Å². The van der Waals surface area contributed by atoms with Crippen molar-refractivity contribution in [1.82, 2.24) is 0 Å². The Morgan fingerprint density at radius 1 is 1.00 bits per heavy atom. The molecular formula is C26H34ClNO4S. The Hall–Kier alpha value is -2.05. The Bertz CT molecular complexity index is 940. The molecule has 0 spiro atoms. The average Bonchev–Trinajstić information content (AvgIpc) is 3.09. The monoisotopic (exact) mass is 491 g/mol. The average molecular weight is 492 g/mol. The molecule has 1 amide bonds. The summed E-state index contributed by atoms with van der Waals surface area (Å²) in [4.78, 5) is 27.0. The molecule has 1 aliphatic carbocycles. The number of thiophene rings is 1. The van der Waals surface area contributed by atoms with Crippen LogP contribution in [0.2, 0.25) is 5.02 Å². The molecule has 3 rings (SSSR count). The molecule has 5 nitrogen and oxygen atoms in total. The van der Waals surface area contributed by atoms with Crippen molar-refractivity contribution in [2.75, 3.05) is 11.9 Å². The highest BCUT2D eigenvalue weighted by molar-refractivity contribution is 7.17. The molecule has 0 radical (unpaired) electrons. The lowest BCUT2D eigenvalue weighted by Gasteiger charge is -2.13. The molecule has 0 fully saturated rings. The van der Waals surface area contributed by atoms with Gasteiger partial charge in [-0.3, -0.25) is 4.79 Å². The highest BCUT2D eigenvalue weighted by Gasteiger charge is 2.26. The van der Waals surface area contributed by atoms with E-state index in [2.05, 4.69) is 5.32 Å². The van der Waals surface area contributed by atoms with E-state index in [-0.39, 0.29) is 24.6 Å². The number of benzene rings is 1. The third-order valence-corrected chi connectivity index (χ3v) is 7.19. The number of ether oxygens (including phenoxy) is 2. The first-order valence-electron chi connectivity index (χ1n) is 12.0. The fraction of sp³-hybridized carbons (Fsp3) is 0.538. The van der Waals surface area contributed by atoms with Crippen LogP contribution in [0.5, 0.6) is 5.75 Å². The molecule has 1 aliphatic rings. The van der Waals surface area contributed by atoms with E-state index in [4.69, 9.17) is 21.1 Å². The summed E-state index contributed by atoms with van der Waals surface area (Å²) in [7, 11) is 0. The molecule has 1 N–H and O–H groups in total. The van der Waals surface area contributed by atoms with Crippen molar-refractivity contribution < 1.29 is 19.1 Å². The molecule has 0 saturated heterocycles. The molecule has 180 valence electrons. The van der Waals surface area contributed by atoms with Crippen LogP contribution in [0.15, 0.2) is 24.3 Å². The summed E-state index contributed by atoms with van der Waals surface area (Å²) in [5, 5.41) is 3.93. The van der Waals surface area contributed by atoms with Crippen molar-refractivity contribution >= 4 is 39.8 Å². The number of hydrogen-bond acceptors (Lipinski definition) is 5. The molecule has 1 aromatic carbocycles. The van der Waals surface area contributed by atoms with Crippen molar-refractivity contribution in [3.05, 3.63) is 45.3 Å². The largest absolute Gasteiger partial charge is 0.482 e. The van der Waals surface area contributed by atoms with Gasteiger partial charge >= 0.3 is 5.97 Å². The highest BCUT2D eigenvalue weighted by atomic mass is 35.5. The third kappa shape index (κ3) is 7.75. The summed E-state index contributed by atoms with van der Waals surface area (Å²) < 4.78 is 11.2. The lowest BCUT2D eigenvalue weighted by molar-refractivity contribution is -0.118. The van der Waals surface area contributed by atoms with Crippen molar-refractivity contribution in [3.63, 3.8) is 0 Å². The van der Waals surface area contributed by atoms with E-state index >= 15 is 0 Å². The minimum absolute atomic E-state index is 0.190. The van der Waals surface area contributed by atoms with E-state index in [0.29, 0.717) is 21.3 Å². The number of para-hydroxylation sites is 1. The number of carbonyl (C=O) groups is 2. The van der Waals surface area contributed by atoms with Gasteiger partial charge in [0, 0.05) is 4.88 Å². The Morgan fingerprint density at radius 3 is 2.30 bits per heavy atom. The minimum atomic E-state index is -0.364. The van der Waals surface area contributed by atoms with Gasteiger partial charge in [-0.05, 0) is 57.2 Å². The predicted molar refractivity (Wildman–Crippen MR) is 135 cm³/mol. The molecule has 33 heavy (non-hydrogen) atoms. The summed E-state index contributed by atoms with van der Waals surface area (Å²) in [6, 6.07) is 7.03. The molecule has 0 aliphatic heterocycles. The zero-order valence-electron chi connectivity index (χ0n) is 19.6. The van der Waals surface area contributed by atoms with Gasteiger partial charge in [0.25, 0.3) is 5.91 Å². The van der Waals surface area contributed by atoms with E-state index in [1.807, 2.05) is 13.8 Å².